The van der Waals surface area contributed by atoms with Crippen molar-refractivity contribution in [3.8, 4) is 5.75 Å². The van der Waals surface area contributed by atoms with Crippen LogP contribution in [0.3, 0.4) is 0 Å². The maximum absolute atomic E-state index is 6.20. The molecule has 0 aliphatic rings. The van der Waals surface area contributed by atoms with Gasteiger partial charge in [0.1, 0.15) is 6.61 Å². The summed E-state index contributed by atoms with van der Waals surface area (Å²) in [5, 5.41) is 4.73. The molecule has 0 fully saturated rings. The van der Waals surface area contributed by atoms with Gasteiger partial charge in [-0.1, -0.05) is 53.5 Å². The Balaban J connectivity index is 2.09. The van der Waals surface area contributed by atoms with Crippen LogP contribution in [-0.4, -0.2) is 11.3 Å². The molecule has 0 amide bonds. The van der Waals surface area contributed by atoms with Crippen molar-refractivity contribution in [3.63, 3.8) is 0 Å². The van der Waals surface area contributed by atoms with E-state index in [4.69, 9.17) is 33.7 Å². The Bertz CT molecular complexity index is 669. The lowest BCUT2D eigenvalue weighted by atomic mass is 10.2. The average molecular weight is 354 g/mol. The minimum absolute atomic E-state index is 0.0799. The maximum Gasteiger partial charge on any atom is 0.184 e. The molecule has 0 saturated heterocycles. The molecular formula is C15H13Cl2N3OS. The smallest absolute Gasteiger partial charge is 0.184 e. The molecule has 0 bridgehead atoms. The van der Waals surface area contributed by atoms with E-state index in [9.17, 15) is 0 Å². The van der Waals surface area contributed by atoms with Gasteiger partial charge < -0.3 is 10.5 Å². The first-order chi connectivity index (χ1) is 10.6. The first-order valence-corrected chi connectivity index (χ1v) is 7.47. The maximum atomic E-state index is 6.20. The molecule has 0 aromatic heterocycles. The minimum atomic E-state index is 0.0799. The van der Waals surface area contributed by atoms with Gasteiger partial charge in [0, 0.05) is 0 Å². The Morgan fingerprint density at radius 1 is 1.23 bits per heavy atom. The number of hydrogen-bond donors (Lipinski definition) is 2. The third-order valence-electron chi connectivity index (χ3n) is 2.63. The van der Waals surface area contributed by atoms with Gasteiger partial charge >= 0.3 is 0 Å². The molecule has 2 aromatic rings. The summed E-state index contributed by atoms with van der Waals surface area (Å²) in [6.45, 7) is 0.386. The first kappa shape index (κ1) is 16.5. The van der Waals surface area contributed by atoms with Gasteiger partial charge in [0.15, 0.2) is 10.9 Å². The van der Waals surface area contributed by atoms with Crippen LogP contribution in [0.5, 0.6) is 5.75 Å². The van der Waals surface area contributed by atoms with Crippen LogP contribution >= 0.6 is 35.4 Å². The number of benzene rings is 2. The van der Waals surface area contributed by atoms with Gasteiger partial charge in [0.2, 0.25) is 0 Å². The van der Waals surface area contributed by atoms with E-state index >= 15 is 0 Å². The molecule has 2 aromatic carbocycles. The van der Waals surface area contributed by atoms with Crippen LogP contribution in [0.25, 0.3) is 0 Å². The summed E-state index contributed by atoms with van der Waals surface area (Å²) in [4.78, 5) is 0. The average Bonchev–Trinajstić information content (AvgIpc) is 2.47. The summed E-state index contributed by atoms with van der Waals surface area (Å²) < 4.78 is 5.69. The van der Waals surface area contributed by atoms with Crippen molar-refractivity contribution in [1.29, 1.82) is 0 Å². The number of nitrogens with two attached hydrogens (primary N) is 1. The number of hydrogen-bond acceptors (Lipinski definition) is 3. The van der Waals surface area contributed by atoms with Crippen molar-refractivity contribution in [2.75, 3.05) is 0 Å². The zero-order valence-electron chi connectivity index (χ0n) is 11.4. The van der Waals surface area contributed by atoms with Gasteiger partial charge in [0.25, 0.3) is 0 Å². The van der Waals surface area contributed by atoms with Crippen molar-refractivity contribution < 1.29 is 4.74 Å². The predicted octanol–water partition coefficient (Wildman–Crippen LogP) is 3.74. The van der Waals surface area contributed by atoms with E-state index in [-0.39, 0.29) is 5.11 Å². The van der Waals surface area contributed by atoms with Crippen LogP contribution in [0.15, 0.2) is 47.6 Å². The van der Waals surface area contributed by atoms with Crippen molar-refractivity contribution in [2.24, 2.45) is 10.8 Å². The second-order valence-electron chi connectivity index (χ2n) is 4.32. The number of ether oxygens (including phenoxy) is 1. The Kier molecular flexibility index (Phi) is 6.00. The minimum Gasteiger partial charge on any atom is -0.486 e. The molecule has 4 nitrogen and oxygen atoms in total. The molecule has 0 unspecified atom stereocenters. The highest BCUT2D eigenvalue weighted by molar-refractivity contribution is 7.80. The zero-order chi connectivity index (χ0) is 15.9. The van der Waals surface area contributed by atoms with Gasteiger partial charge in [0.05, 0.1) is 16.3 Å². The third kappa shape index (κ3) is 4.87. The van der Waals surface area contributed by atoms with Crippen molar-refractivity contribution in [2.45, 2.75) is 6.61 Å². The highest BCUT2D eigenvalue weighted by atomic mass is 35.5. The van der Waals surface area contributed by atoms with E-state index in [1.54, 1.807) is 12.1 Å². The molecule has 0 spiro atoms. The number of nitrogens with zero attached hydrogens (tertiary/aromatic N) is 1. The zero-order valence-corrected chi connectivity index (χ0v) is 13.8. The Morgan fingerprint density at radius 2 is 1.86 bits per heavy atom. The highest BCUT2D eigenvalue weighted by Crippen LogP contribution is 2.34. The van der Waals surface area contributed by atoms with Gasteiger partial charge in [-0.05, 0) is 35.5 Å². The van der Waals surface area contributed by atoms with Crippen molar-refractivity contribution in [1.82, 2.24) is 5.43 Å². The summed E-state index contributed by atoms with van der Waals surface area (Å²) in [7, 11) is 0. The normalized spacial score (nSPS) is 10.6. The summed E-state index contributed by atoms with van der Waals surface area (Å²) in [6.07, 6.45) is 1.51. The van der Waals surface area contributed by atoms with E-state index in [1.165, 1.54) is 6.21 Å². The van der Waals surface area contributed by atoms with Crippen molar-refractivity contribution in [3.05, 3.63) is 63.6 Å². The lowest BCUT2D eigenvalue weighted by Gasteiger charge is -2.10. The fraction of sp³-hybridized carbons (Fsp3) is 0.0667. The summed E-state index contributed by atoms with van der Waals surface area (Å²) >= 11 is 17.0. The molecule has 0 aliphatic heterocycles. The summed E-state index contributed by atoms with van der Waals surface area (Å²) in [5.74, 6) is 0.437. The summed E-state index contributed by atoms with van der Waals surface area (Å²) in [5.41, 5.74) is 9.45. The Morgan fingerprint density at radius 3 is 2.45 bits per heavy atom. The first-order valence-electron chi connectivity index (χ1n) is 6.30. The number of rotatable bonds is 5. The highest BCUT2D eigenvalue weighted by Gasteiger charge is 2.09. The largest absolute Gasteiger partial charge is 0.486 e. The molecule has 22 heavy (non-hydrogen) atoms. The standard InChI is InChI=1S/C15H13Cl2N3OS/c16-12-6-11(8-19-20-15(18)22)7-13(17)14(12)21-9-10-4-2-1-3-5-10/h1-8H,9H2,(H3,18,20,22)/b19-8-. The molecule has 114 valence electrons. The van der Waals surface area contributed by atoms with Crippen LogP contribution in [0.1, 0.15) is 11.1 Å². The van der Waals surface area contributed by atoms with E-state index in [0.29, 0.717) is 28.0 Å². The SMILES string of the molecule is NC(=S)N/N=C\c1cc(Cl)c(OCc2ccccc2)c(Cl)c1. The molecule has 0 radical (unpaired) electrons. The molecule has 0 aliphatic carbocycles. The predicted molar refractivity (Wildman–Crippen MR) is 94.8 cm³/mol. The van der Waals surface area contributed by atoms with E-state index in [0.717, 1.165) is 5.56 Å². The van der Waals surface area contributed by atoms with Crippen LogP contribution in [0.4, 0.5) is 0 Å². The van der Waals surface area contributed by atoms with Gasteiger partial charge in [-0.15, -0.1) is 0 Å². The third-order valence-corrected chi connectivity index (χ3v) is 3.29. The van der Waals surface area contributed by atoms with Crippen LogP contribution in [0.2, 0.25) is 10.0 Å². The van der Waals surface area contributed by atoms with Crippen LogP contribution in [-0.2, 0) is 6.61 Å². The number of nitrogens with one attached hydrogen (secondary N) is 1. The number of hydrazone groups is 1. The molecule has 3 N–H and O–H groups in total. The topological polar surface area (TPSA) is 59.6 Å². The number of halogens is 2. The second-order valence-corrected chi connectivity index (χ2v) is 5.58. The van der Waals surface area contributed by atoms with Crippen LogP contribution < -0.4 is 15.9 Å². The van der Waals surface area contributed by atoms with Gasteiger partial charge in [-0.2, -0.15) is 5.10 Å². The molecule has 7 heteroatoms. The molecule has 2 rings (SSSR count). The monoisotopic (exact) mass is 353 g/mol. The van der Waals surface area contributed by atoms with E-state index in [1.807, 2.05) is 30.3 Å². The lowest BCUT2D eigenvalue weighted by Crippen LogP contribution is -2.23. The lowest BCUT2D eigenvalue weighted by molar-refractivity contribution is 0.306. The van der Waals surface area contributed by atoms with E-state index < -0.39 is 0 Å². The molecular weight excluding hydrogens is 341 g/mol. The van der Waals surface area contributed by atoms with E-state index in [2.05, 4.69) is 22.7 Å². The van der Waals surface area contributed by atoms with Crippen LogP contribution in [0, 0.1) is 0 Å². The molecule has 0 heterocycles. The Labute approximate surface area is 143 Å². The fourth-order valence-electron chi connectivity index (χ4n) is 1.69. The Hall–Kier alpha value is -1.82. The van der Waals surface area contributed by atoms with Crippen molar-refractivity contribution >= 4 is 46.7 Å². The van der Waals surface area contributed by atoms with Gasteiger partial charge in [-0.3, -0.25) is 5.43 Å². The second kappa shape index (κ2) is 7.98. The quantitative estimate of drug-likeness (QED) is 0.488. The molecule has 0 saturated carbocycles. The number of thiocarbonyl (C=S) groups is 1. The fourth-order valence-corrected chi connectivity index (χ4v) is 2.36. The summed E-state index contributed by atoms with van der Waals surface area (Å²) in [6, 6.07) is 13.1. The van der Waals surface area contributed by atoms with Gasteiger partial charge in [-0.25, -0.2) is 0 Å². The molecule has 0 atom stereocenters.